The number of likely N-dealkylation sites (tertiary alicyclic amines) is 1. The number of hydrogen-bond acceptors (Lipinski definition) is 2. The third kappa shape index (κ3) is 4.40. The zero-order chi connectivity index (χ0) is 21.5. The summed E-state index contributed by atoms with van der Waals surface area (Å²) in [5.74, 6) is -0.0896. The van der Waals surface area contributed by atoms with Crippen molar-refractivity contribution in [3.05, 3.63) is 64.4 Å². The summed E-state index contributed by atoms with van der Waals surface area (Å²) in [4.78, 5) is 17.4. The van der Waals surface area contributed by atoms with Gasteiger partial charge in [-0.1, -0.05) is 44.5 Å². The van der Waals surface area contributed by atoms with Gasteiger partial charge in [0, 0.05) is 35.6 Å². The molecule has 0 radical (unpaired) electrons. The summed E-state index contributed by atoms with van der Waals surface area (Å²) in [5.41, 5.74) is 2.88. The van der Waals surface area contributed by atoms with Crippen LogP contribution < -0.4 is 4.90 Å². The van der Waals surface area contributed by atoms with Crippen molar-refractivity contribution in [2.75, 3.05) is 24.5 Å². The molecule has 0 unspecified atom stereocenters. The van der Waals surface area contributed by atoms with E-state index in [-0.39, 0.29) is 22.6 Å². The van der Waals surface area contributed by atoms with Crippen molar-refractivity contribution in [1.29, 1.82) is 0 Å². The van der Waals surface area contributed by atoms with Crippen LogP contribution in [0.4, 0.5) is 10.1 Å². The molecule has 0 saturated carbocycles. The predicted octanol–water partition coefficient (Wildman–Crippen LogP) is 5.80. The second kappa shape index (κ2) is 7.97. The maximum Gasteiger partial charge on any atom is 0.227 e. The highest BCUT2D eigenvalue weighted by molar-refractivity contribution is 6.30. The summed E-state index contributed by atoms with van der Waals surface area (Å²) < 4.78 is 14.2. The smallest absolute Gasteiger partial charge is 0.227 e. The second-order valence-electron chi connectivity index (χ2n) is 10.1. The van der Waals surface area contributed by atoms with E-state index in [9.17, 15) is 9.18 Å². The van der Waals surface area contributed by atoms with Gasteiger partial charge < -0.3 is 4.90 Å². The van der Waals surface area contributed by atoms with Crippen LogP contribution in [0.2, 0.25) is 5.02 Å². The lowest BCUT2D eigenvalue weighted by Crippen LogP contribution is -2.46. The Morgan fingerprint density at radius 2 is 1.87 bits per heavy atom. The topological polar surface area (TPSA) is 23.6 Å². The van der Waals surface area contributed by atoms with Gasteiger partial charge in [0.05, 0.1) is 0 Å². The molecule has 30 heavy (non-hydrogen) atoms. The first kappa shape index (κ1) is 21.3. The molecule has 0 aliphatic carbocycles. The summed E-state index contributed by atoms with van der Waals surface area (Å²) in [5, 5.41) is 0.758. The Balaban J connectivity index is 1.53. The van der Waals surface area contributed by atoms with Crippen molar-refractivity contribution < 1.29 is 9.18 Å². The van der Waals surface area contributed by atoms with Crippen molar-refractivity contribution in [3.63, 3.8) is 0 Å². The fourth-order valence-electron chi connectivity index (χ4n) is 4.87. The fourth-order valence-corrected chi connectivity index (χ4v) is 5.09. The number of halogens is 2. The molecule has 1 saturated heterocycles. The average Bonchev–Trinajstić information content (AvgIpc) is 2.96. The van der Waals surface area contributed by atoms with Gasteiger partial charge in [-0.3, -0.25) is 9.69 Å². The minimum atomic E-state index is -0.223. The van der Waals surface area contributed by atoms with E-state index < -0.39 is 0 Å². The van der Waals surface area contributed by atoms with E-state index in [0.29, 0.717) is 13.0 Å². The van der Waals surface area contributed by atoms with Gasteiger partial charge in [-0.2, -0.15) is 0 Å². The van der Waals surface area contributed by atoms with Crippen LogP contribution in [-0.2, 0) is 16.8 Å². The highest BCUT2D eigenvalue weighted by Crippen LogP contribution is 2.48. The molecule has 2 heterocycles. The van der Waals surface area contributed by atoms with Gasteiger partial charge in [0.15, 0.2) is 0 Å². The van der Waals surface area contributed by atoms with Crippen molar-refractivity contribution in [2.45, 2.75) is 52.0 Å². The van der Waals surface area contributed by atoms with Gasteiger partial charge in [-0.25, -0.2) is 4.39 Å². The van der Waals surface area contributed by atoms with E-state index in [1.807, 2.05) is 23.1 Å². The number of benzene rings is 2. The molecule has 160 valence electrons. The lowest BCUT2D eigenvalue weighted by molar-refractivity contribution is -0.120. The fraction of sp³-hybridized carbons (Fsp3) is 0.480. The van der Waals surface area contributed by atoms with Crippen LogP contribution in [0.15, 0.2) is 42.5 Å². The zero-order valence-corrected chi connectivity index (χ0v) is 18.8. The van der Waals surface area contributed by atoms with Crippen LogP contribution in [0.3, 0.4) is 0 Å². The van der Waals surface area contributed by atoms with Crippen LogP contribution in [0, 0.1) is 11.2 Å². The molecule has 1 amide bonds. The Labute approximate surface area is 183 Å². The molecule has 0 atom stereocenters. The standard InChI is InChI=1S/C25H30ClFN2O/c1-24(2,3)15-23(30)29-17-25(21-14-20(27)7-8-22(21)29)9-11-28(12-10-25)16-18-5-4-6-19(26)13-18/h4-8,13-14H,9-12,15-17H2,1-3H3. The maximum absolute atomic E-state index is 14.2. The van der Waals surface area contributed by atoms with Crippen molar-refractivity contribution >= 4 is 23.2 Å². The third-order valence-electron chi connectivity index (χ3n) is 6.37. The van der Waals surface area contributed by atoms with Gasteiger partial charge in [-0.05, 0) is 72.8 Å². The summed E-state index contributed by atoms with van der Waals surface area (Å²) in [6, 6.07) is 12.9. The number of hydrogen-bond donors (Lipinski definition) is 0. The molecule has 5 heteroatoms. The highest BCUT2D eigenvalue weighted by atomic mass is 35.5. The zero-order valence-electron chi connectivity index (χ0n) is 18.0. The summed E-state index contributed by atoms with van der Waals surface area (Å²) in [6.45, 7) is 9.60. The largest absolute Gasteiger partial charge is 0.311 e. The molecule has 4 rings (SSSR count). The van der Waals surface area contributed by atoms with Gasteiger partial charge >= 0.3 is 0 Å². The number of rotatable bonds is 3. The second-order valence-corrected chi connectivity index (χ2v) is 10.5. The van der Waals surface area contributed by atoms with E-state index in [2.05, 4.69) is 31.7 Å². The number of fused-ring (bicyclic) bond motifs is 2. The molecular formula is C25H30ClFN2O. The molecule has 1 fully saturated rings. The Bertz CT molecular complexity index is 944. The van der Waals surface area contributed by atoms with Crippen LogP contribution in [0.5, 0.6) is 0 Å². The quantitative estimate of drug-likeness (QED) is 0.617. The molecule has 2 aromatic rings. The van der Waals surface area contributed by atoms with Gasteiger partial charge in [0.25, 0.3) is 0 Å². The normalized spacial score (nSPS) is 18.6. The van der Waals surface area contributed by atoms with Crippen LogP contribution in [0.25, 0.3) is 0 Å². The molecule has 2 aliphatic heterocycles. The van der Waals surface area contributed by atoms with E-state index in [4.69, 9.17) is 11.6 Å². The average molecular weight is 429 g/mol. The van der Waals surface area contributed by atoms with Crippen LogP contribution in [0.1, 0.15) is 51.2 Å². The van der Waals surface area contributed by atoms with Gasteiger partial charge in [0.2, 0.25) is 5.91 Å². The summed E-state index contributed by atoms with van der Waals surface area (Å²) in [6.07, 6.45) is 2.33. The van der Waals surface area contributed by atoms with Crippen molar-refractivity contribution in [1.82, 2.24) is 4.90 Å². The van der Waals surface area contributed by atoms with E-state index in [0.717, 1.165) is 48.7 Å². The van der Waals surface area contributed by atoms with Crippen molar-refractivity contribution in [2.24, 2.45) is 5.41 Å². The molecule has 2 aliphatic rings. The number of carbonyl (C=O) groups excluding carboxylic acids is 1. The van der Waals surface area contributed by atoms with Crippen molar-refractivity contribution in [3.8, 4) is 0 Å². The first-order valence-corrected chi connectivity index (χ1v) is 11.1. The lowest BCUT2D eigenvalue weighted by atomic mass is 9.74. The molecule has 0 bridgehead atoms. The number of carbonyl (C=O) groups is 1. The number of piperidine rings is 1. The summed E-state index contributed by atoms with van der Waals surface area (Å²) in [7, 11) is 0. The molecule has 0 N–H and O–H groups in total. The first-order valence-electron chi connectivity index (χ1n) is 10.7. The number of amides is 1. The Hall–Kier alpha value is -1.91. The predicted molar refractivity (Wildman–Crippen MR) is 120 cm³/mol. The van der Waals surface area contributed by atoms with Crippen LogP contribution in [-0.4, -0.2) is 30.4 Å². The Morgan fingerprint density at radius 3 is 2.53 bits per heavy atom. The SMILES string of the molecule is CC(C)(C)CC(=O)N1CC2(CCN(Cc3cccc(Cl)c3)CC2)c2cc(F)ccc21. The maximum atomic E-state index is 14.2. The summed E-state index contributed by atoms with van der Waals surface area (Å²) >= 11 is 6.13. The molecule has 1 spiro atoms. The number of nitrogens with zero attached hydrogens (tertiary/aromatic N) is 2. The number of anilines is 1. The Morgan fingerprint density at radius 1 is 1.13 bits per heavy atom. The lowest BCUT2D eigenvalue weighted by Gasteiger charge is -2.40. The third-order valence-corrected chi connectivity index (χ3v) is 6.61. The Kier molecular flexibility index (Phi) is 5.67. The minimum absolute atomic E-state index is 0.0760. The monoisotopic (exact) mass is 428 g/mol. The van der Waals surface area contributed by atoms with E-state index >= 15 is 0 Å². The first-order chi connectivity index (χ1) is 14.2. The molecule has 3 nitrogen and oxygen atoms in total. The molecular weight excluding hydrogens is 399 g/mol. The molecule has 2 aromatic carbocycles. The van der Waals surface area contributed by atoms with E-state index in [1.54, 1.807) is 12.1 Å². The van der Waals surface area contributed by atoms with Gasteiger partial charge in [0.1, 0.15) is 5.82 Å². The highest BCUT2D eigenvalue weighted by Gasteiger charge is 2.46. The van der Waals surface area contributed by atoms with Gasteiger partial charge in [-0.15, -0.1) is 0 Å². The molecule has 0 aromatic heterocycles. The minimum Gasteiger partial charge on any atom is -0.311 e. The van der Waals surface area contributed by atoms with E-state index in [1.165, 1.54) is 11.6 Å². The van der Waals surface area contributed by atoms with Crippen LogP contribution >= 0.6 is 11.6 Å².